The number of alkyl halides is 3. The molecule has 0 aliphatic heterocycles. The maximum atomic E-state index is 14.2. The molecular formula is C25H32F4. The molecule has 29 heavy (non-hydrogen) atoms. The van der Waals surface area contributed by atoms with Gasteiger partial charge in [-0.25, -0.2) is 4.39 Å². The van der Waals surface area contributed by atoms with E-state index in [2.05, 4.69) is 6.58 Å². The first-order valence-electron chi connectivity index (χ1n) is 11.0. The Bertz CT molecular complexity index is 687. The van der Waals surface area contributed by atoms with Crippen molar-refractivity contribution in [3.8, 4) is 0 Å². The molecule has 0 saturated heterocycles. The van der Waals surface area contributed by atoms with Gasteiger partial charge >= 0.3 is 6.18 Å². The van der Waals surface area contributed by atoms with E-state index in [-0.39, 0.29) is 11.6 Å². The van der Waals surface area contributed by atoms with Crippen LogP contribution in [0.1, 0.15) is 81.3 Å². The fourth-order valence-corrected chi connectivity index (χ4v) is 5.34. The first-order valence-corrected chi connectivity index (χ1v) is 11.0. The van der Waals surface area contributed by atoms with Crippen molar-refractivity contribution in [3.63, 3.8) is 0 Å². The minimum atomic E-state index is -4.42. The van der Waals surface area contributed by atoms with Crippen molar-refractivity contribution in [1.29, 1.82) is 0 Å². The van der Waals surface area contributed by atoms with E-state index in [9.17, 15) is 17.6 Å². The summed E-state index contributed by atoms with van der Waals surface area (Å²) in [6, 6.07) is 4.71. The van der Waals surface area contributed by atoms with Gasteiger partial charge in [0.05, 0.1) is 0 Å². The zero-order valence-corrected chi connectivity index (χ0v) is 17.1. The average Bonchev–Trinajstić information content (AvgIpc) is 2.71. The van der Waals surface area contributed by atoms with Gasteiger partial charge in [0.2, 0.25) is 0 Å². The van der Waals surface area contributed by atoms with E-state index in [4.69, 9.17) is 0 Å². The van der Waals surface area contributed by atoms with Crippen LogP contribution in [0.3, 0.4) is 0 Å². The molecule has 1 aromatic rings. The van der Waals surface area contributed by atoms with Gasteiger partial charge in [0.15, 0.2) is 0 Å². The largest absolute Gasteiger partial charge is 0.409 e. The van der Waals surface area contributed by atoms with E-state index in [1.165, 1.54) is 57.1 Å². The molecule has 0 bridgehead atoms. The fraction of sp³-hybridized carbons (Fsp3) is 0.600. The molecule has 2 fully saturated rings. The van der Waals surface area contributed by atoms with Crippen LogP contribution in [0.25, 0.3) is 6.08 Å². The van der Waals surface area contributed by atoms with Gasteiger partial charge in [0.25, 0.3) is 0 Å². The summed E-state index contributed by atoms with van der Waals surface area (Å²) in [5.41, 5.74) is 0.922. The highest BCUT2D eigenvalue weighted by Crippen LogP contribution is 2.44. The van der Waals surface area contributed by atoms with Gasteiger partial charge < -0.3 is 0 Å². The molecule has 2 saturated carbocycles. The van der Waals surface area contributed by atoms with Gasteiger partial charge in [-0.2, -0.15) is 13.2 Å². The van der Waals surface area contributed by atoms with E-state index >= 15 is 0 Å². The van der Waals surface area contributed by atoms with E-state index < -0.39 is 12.0 Å². The molecule has 0 nitrogen and oxygen atoms in total. The Balaban J connectivity index is 1.50. The topological polar surface area (TPSA) is 0 Å². The van der Waals surface area contributed by atoms with Crippen molar-refractivity contribution in [2.75, 3.05) is 0 Å². The number of hydrogen-bond acceptors (Lipinski definition) is 0. The molecule has 4 heteroatoms. The summed E-state index contributed by atoms with van der Waals surface area (Å²) in [6.45, 7) is 3.82. The third-order valence-corrected chi connectivity index (χ3v) is 7.06. The van der Waals surface area contributed by atoms with Crippen LogP contribution in [0.4, 0.5) is 17.6 Å². The maximum Gasteiger partial charge on any atom is 0.409 e. The lowest BCUT2D eigenvalue weighted by Gasteiger charge is -2.38. The average molecular weight is 409 g/mol. The van der Waals surface area contributed by atoms with Crippen LogP contribution >= 0.6 is 0 Å². The summed E-state index contributed by atoms with van der Waals surface area (Å²) < 4.78 is 51.1. The van der Waals surface area contributed by atoms with E-state index in [1.807, 2.05) is 6.08 Å². The van der Waals surface area contributed by atoms with Gasteiger partial charge in [-0.05, 0) is 92.7 Å². The highest BCUT2D eigenvalue weighted by Gasteiger charge is 2.31. The lowest BCUT2D eigenvalue weighted by molar-refractivity contribution is -0.0790. The molecule has 0 atom stereocenters. The van der Waals surface area contributed by atoms with Gasteiger partial charge in [0.1, 0.15) is 5.82 Å². The first kappa shape index (κ1) is 22.1. The third-order valence-electron chi connectivity index (χ3n) is 7.06. The normalized spacial score (nSPS) is 28.6. The molecule has 0 spiro atoms. The second kappa shape index (κ2) is 9.95. The van der Waals surface area contributed by atoms with Crippen LogP contribution in [0.2, 0.25) is 0 Å². The standard InChI is InChI=1S/C25H32F4/c1-2-3-4-18-5-7-19(8-6-18)20-9-11-21(12-10-20)23-14-13-22(24(26)17-23)15-16-25(27,28)29/h2,13-21H,1,3-12H2. The highest BCUT2D eigenvalue weighted by atomic mass is 19.4. The van der Waals surface area contributed by atoms with E-state index in [1.54, 1.807) is 6.07 Å². The molecule has 0 N–H and O–H groups in total. The lowest BCUT2D eigenvalue weighted by atomic mass is 9.68. The molecule has 0 heterocycles. The molecule has 2 aliphatic rings. The number of rotatable bonds is 6. The summed E-state index contributed by atoms with van der Waals surface area (Å²) in [4.78, 5) is 0. The third kappa shape index (κ3) is 6.45. The molecular weight excluding hydrogens is 376 g/mol. The lowest BCUT2D eigenvalue weighted by Crippen LogP contribution is -2.25. The summed E-state index contributed by atoms with van der Waals surface area (Å²) in [5.74, 6) is 2.25. The number of hydrogen-bond donors (Lipinski definition) is 0. The van der Waals surface area contributed by atoms with Gasteiger partial charge in [-0.15, -0.1) is 6.58 Å². The number of benzene rings is 1. The first-order chi connectivity index (χ1) is 13.9. The Morgan fingerprint density at radius 3 is 2.10 bits per heavy atom. The van der Waals surface area contributed by atoms with Crippen LogP contribution in [0.5, 0.6) is 0 Å². The summed E-state index contributed by atoms with van der Waals surface area (Å²) in [5, 5.41) is 0. The number of halogens is 4. The molecule has 0 radical (unpaired) electrons. The van der Waals surface area contributed by atoms with Crippen LogP contribution in [-0.4, -0.2) is 6.18 Å². The molecule has 1 aromatic carbocycles. The van der Waals surface area contributed by atoms with Crippen molar-refractivity contribution < 1.29 is 17.6 Å². The predicted molar refractivity (Wildman–Crippen MR) is 111 cm³/mol. The van der Waals surface area contributed by atoms with E-state index in [0.717, 1.165) is 48.7 Å². The van der Waals surface area contributed by atoms with Crippen molar-refractivity contribution in [2.24, 2.45) is 17.8 Å². The summed E-state index contributed by atoms with van der Waals surface area (Å²) >= 11 is 0. The minimum Gasteiger partial charge on any atom is -0.206 e. The quantitative estimate of drug-likeness (QED) is 0.327. The van der Waals surface area contributed by atoms with Crippen LogP contribution < -0.4 is 0 Å². The molecule has 0 amide bonds. The molecule has 2 aliphatic carbocycles. The Hall–Kier alpha value is -1.58. The van der Waals surface area contributed by atoms with Crippen molar-refractivity contribution in [1.82, 2.24) is 0 Å². The van der Waals surface area contributed by atoms with Gasteiger partial charge in [-0.1, -0.05) is 31.1 Å². The molecule has 160 valence electrons. The maximum absolute atomic E-state index is 14.2. The van der Waals surface area contributed by atoms with Gasteiger partial charge in [-0.3, -0.25) is 0 Å². The second-order valence-corrected chi connectivity index (χ2v) is 8.91. The van der Waals surface area contributed by atoms with Crippen LogP contribution in [0.15, 0.2) is 36.9 Å². The van der Waals surface area contributed by atoms with Gasteiger partial charge in [0, 0.05) is 11.6 Å². The Kier molecular flexibility index (Phi) is 7.59. The predicted octanol–water partition coefficient (Wildman–Crippen LogP) is 8.45. The van der Waals surface area contributed by atoms with Crippen LogP contribution in [0, 0.1) is 23.6 Å². The Labute approximate surface area is 172 Å². The minimum absolute atomic E-state index is 0.00650. The highest BCUT2D eigenvalue weighted by molar-refractivity contribution is 5.51. The molecule has 0 unspecified atom stereocenters. The summed E-state index contributed by atoms with van der Waals surface area (Å²) in [7, 11) is 0. The number of allylic oxidation sites excluding steroid dienone is 2. The Morgan fingerprint density at radius 1 is 0.931 bits per heavy atom. The SMILES string of the molecule is C=CCCC1CCC(C2CCC(c3ccc(C=CC(F)(F)F)c(F)c3)CC2)CC1. The van der Waals surface area contributed by atoms with E-state index in [0.29, 0.717) is 5.92 Å². The zero-order valence-electron chi connectivity index (χ0n) is 17.1. The summed E-state index contributed by atoms with van der Waals surface area (Å²) in [6.07, 6.45) is 10.7. The monoisotopic (exact) mass is 408 g/mol. The van der Waals surface area contributed by atoms with Crippen LogP contribution in [-0.2, 0) is 0 Å². The second-order valence-electron chi connectivity index (χ2n) is 8.91. The van der Waals surface area contributed by atoms with Crippen molar-refractivity contribution >= 4 is 6.08 Å². The fourth-order valence-electron chi connectivity index (χ4n) is 5.34. The zero-order chi connectivity index (χ0) is 20.9. The van der Waals surface area contributed by atoms with Crippen molar-refractivity contribution in [3.05, 3.63) is 53.9 Å². The molecule has 3 rings (SSSR count). The Morgan fingerprint density at radius 2 is 1.55 bits per heavy atom. The smallest absolute Gasteiger partial charge is 0.206 e. The molecule has 0 aromatic heterocycles. The van der Waals surface area contributed by atoms with Crippen molar-refractivity contribution in [2.45, 2.75) is 76.3 Å².